The van der Waals surface area contributed by atoms with E-state index in [-0.39, 0.29) is 17.9 Å². The molecule has 0 saturated carbocycles. The van der Waals surface area contributed by atoms with E-state index in [0.717, 1.165) is 19.3 Å². The number of carbonyl (C=O) groups excluding carboxylic acids is 2. The zero-order valence-electron chi connectivity index (χ0n) is 13.3. The maximum atomic E-state index is 12.2. The molecule has 6 nitrogen and oxygen atoms in total. The predicted molar refractivity (Wildman–Crippen MR) is 83.3 cm³/mol. The minimum absolute atomic E-state index is 0.0202. The van der Waals surface area contributed by atoms with E-state index in [1.807, 2.05) is 6.92 Å². The summed E-state index contributed by atoms with van der Waals surface area (Å²) in [5.41, 5.74) is 5.79. The quantitative estimate of drug-likeness (QED) is 0.863. The third-order valence-corrected chi connectivity index (χ3v) is 4.17. The van der Waals surface area contributed by atoms with Crippen LogP contribution in [0.4, 0.5) is 0 Å². The van der Waals surface area contributed by atoms with Gasteiger partial charge in [-0.3, -0.25) is 9.59 Å². The number of nitrogens with zero attached hydrogens (tertiary/aromatic N) is 1. The van der Waals surface area contributed by atoms with Crippen LogP contribution < -0.4 is 11.1 Å². The second kappa shape index (κ2) is 6.96. The first kappa shape index (κ1) is 16.5. The molecule has 1 saturated heterocycles. The Bertz CT molecular complexity index is 503. The van der Waals surface area contributed by atoms with Crippen molar-refractivity contribution in [3.63, 3.8) is 0 Å². The third-order valence-electron chi connectivity index (χ3n) is 4.17. The van der Waals surface area contributed by atoms with Crippen LogP contribution in [0, 0.1) is 0 Å². The van der Waals surface area contributed by atoms with Gasteiger partial charge >= 0.3 is 0 Å². The fraction of sp³-hybridized carbons (Fsp3) is 0.625. The molecule has 1 atom stereocenters. The molecule has 1 aliphatic heterocycles. The lowest BCUT2D eigenvalue weighted by Gasteiger charge is -2.34. The molecule has 3 N–H and O–H groups in total. The number of rotatable bonds is 5. The summed E-state index contributed by atoms with van der Waals surface area (Å²) < 4.78 is 4.94. The Kier molecular flexibility index (Phi) is 5.24. The van der Waals surface area contributed by atoms with Gasteiger partial charge in [0.15, 0.2) is 0 Å². The van der Waals surface area contributed by atoms with Crippen molar-refractivity contribution in [3.05, 3.63) is 24.2 Å². The summed E-state index contributed by atoms with van der Waals surface area (Å²) in [4.78, 5) is 26.2. The normalized spacial score (nSPS) is 18.8. The molecule has 1 fully saturated rings. The molecule has 0 radical (unpaired) electrons. The van der Waals surface area contributed by atoms with Gasteiger partial charge in [0.05, 0.1) is 17.4 Å². The topological polar surface area (TPSA) is 88.6 Å². The number of hydrogen-bond acceptors (Lipinski definition) is 4. The van der Waals surface area contributed by atoms with Crippen LogP contribution in [0.15, 0.2) is 23.0 Å². The number of nitrogens with two attached hydrogens (primary N) is 1. The highest BCUT2D eigenvalue weighted by atomic mass is 16.3. The van der Waals surface area contributed by atoms with Crippen molar-refractivity contribution in [2.24, 2.45) is 5.73 Å². The van der Waals surface area contributed by atoms with E-state index in [1.54, 1.807) is 17.9 Å². The number of amides is 2. The standard InChI is InChI=1S/C16H25N3O3/c1-3-7-16(2,17)15(21)18-13-4-8-19(9-5-13)14(20)12-6-10-22-11-12/h6,10-11,13H,3-5,7-9,17H2,1-2H3,(H,18,21). The number of likely N-dealkylation sites (tertiary alicyclic amines) is 1. The highest BCUT2D eigenvalue weighted by molar-refractivity contribution is 5.93. The van der Waals surface area contributed by atoms with Crippen molar-refractivity contribution in [2.45, 2.75) is 51.1 Å². The molecule has 1 aliphatic rings. The Morgan fingerprint density at radius 2 is 2.14 bits per heavy atom. The molecule has 1 unspecified atom stereocenters. The molecule has 2 heterocycles. The fourth-order valence-electron chi connectivity index (χ4n) is 2.78. The number of hydrogen-bond donors (Lipinski definition) is 2. The highest BCUT2D eigenvalue weighted by Crippen LogP contribution is 2.16. The molecular weight excluding hydrogens is 282 g/mol. The van der Waals surface area contributed by atoms with Crippen molar-refractivity contribution in [2.75, 3.05) is 13.1 Å². The lowest BCUT2D eigenvalue weighted by Crippen LogP contribution is -2.56. The van der Waals surface area contributed by atoms with Crippen molar-refractivity contribution in [3.8, 4) is 0 Å². The van der Waals surface area contributed by atoms with Crippen molar-refractivity contribution in [1.82, 2.24) is 10.2 Å². The molecule has 1 aromatic heterocycles. The minimum Gasteiger partial charge on any atom is -0.472 e. The zero-order valence-corrected chi connectivity index (χ0v) is 13.3. The van der Waals surface area contributed by atoms with Gasteiger partial charge in [-0.25, -0.2) is 0 Å². The molecule has 2 amide bonds. The number of piperidine rings is 1. The van der Waals surface area contributed by atoms with Gasteiger partial charge in [0.25, 0.3) is 5.91 Å². The van der Waals surface area contributed by atoms with Gasteiger partial charge in [-0.1, -0.05) is 13.3 Å². The lowest BCUT2D eigenvalue weighted by atomic mass is 9.95. The van der Waals surface area contributed by atoms with Crippen LogP contribution in [-0.4, -0.2) is 41.4 Å². The van der Waals surface area contributed by atoms with E-state index < -0.39 is 5.54 Å². The van der Waals surface area contributed by atoms with Crippen molar-refractivity contribution >= 4 is 11.8 Å². The Balaban J connectivity index is 1.82. The van der Waals surface area contributed by atoms with Crippen LogP contribution in [0.1, 0.15) is 49.9 Å². The molecule has 0 spiro atoms. The molecule has 0 aliphatic carbocycles. The van der Waals surface area contributed by atoms with E-state index in [9.17, 15) is 9.59 Å². The molecule has 2 rings (SSSR count). The summed E-state index contributed by atoms with van der Waals surface area (Å²) in [7, 11) is 0. The number of furan rings is 1. The first-order valence-electron chi connectivity index (χ1n) is 7.85. The monoisotopic (exact) mass is 307 g/mol. The molecule has 122 valence electrons. The Hall–Kier alpha value is -1.82. The maximum absolute atomic E-state index is 12.2. The molecule has 1 aromatic rings. The maximum Gasteiger partial charge on any atom is 0.257 e. The number of nitrogens with one attached hydrogen (secondary N) is 1. The summed E-state index contributed by atoms with van der Waals surface area (Å²) in [6.45, 7) is 5.04. The van der Waals surface area contributed by atoms with Crippen molar-refractivity contribution < 1.29 is 14.0 Å². The second-order valence-corrected chi connectivity index (χ2v) is 6.22. The average Bonchev–Trinajstić information content (AvgIpc) is 3.01. The van der Waals surface area contributed by atoms with Gasteiger partial charge in [-0.15, -0.1) is 0 Å². The highest BCUT2D eigenvalue weighted by Gasteiger charge is 2.31. The summed E-state index contributed by atoms with van der Waals surface area (Å²) in [5.74, 6) is -0.123. The summed E-state index contributed by atoms with van der Waals surface area (Å²) in [5, 5.41) is 3.02. The van der Waals surface area contributed by atoms with Gasteiger partial charge in [-0.05, 0) is 32.3 Å². The molecular formula is C16H25N3O3. The average molecular weight is 307 g/mol. The largest absolute Gasteiger partial charge is 0.472 e. The molecule has 0 bridgehead atoms. The Labute approximate surface area is 131 Å². The summed E-state index contributed by atoms with van der Waals surface area (Å²) in [6.07, 6.45) is 5.99. The first-order valence-corrected chi connectivity index (χ1v) is 7.85. The molecule has 22 heavy (non-hydrogen) atoms. The summed E-state index contributed by atoms with van der Waals surface area (Å²) >= 11 is 0. The van der Waals surface area contributed by atoms with Gasteiger partial charge in [-0.2, -0.15) is 0 Å². The van der Waals surface area contributed by atoms with Gasteiger partial charge < -0.3 is 20.4 Å². The predicted octanol–water partition coefficient (Wildman–Crippen LogP) is 1.52. The van der Waals surface area contributed by atoms with E-state index >= 15 is 0 Å². The molecule has 6 heteroatoms. The minimum atomic E-state index is -0.821. The SMILES string of the molecule is CCCC(C)(N)C(=O)NC1CCN(C(=O)c2ccoc2)CC1. The Morgan fingerprint density at radius 1 is 1.45 bits per heavy atom. The van der Waals surface area contributed by atoms with Crippen molar-refractivity contribution in [1.29, 1.82) is 0 Å². The fourth-order valence-corrected chi connectivity index (χ4v) is 2.78. The van der Waals surface area contributed by atoms with Crippen LogP contribution in [0.3, 0.4) is 0 Å². The van der Waals surface area contributed by atoms with Crippen LogP contribution in [0.5, 0.6) is 0 Å². The second-order valence-electron chi connectivity index (χ2n) is 6.22. The lowest BCUT2D eigenvalue weighted by molar-refractivity contribution is -0.127. The van der Waals surface area contributed by atoms with Gasteiger partial charge in [0, 0.05) is 19.1 Å². The van der Waals surface area contributed by atoms with E-state index in [4.69, 9.17) is 10.2 Å². The first-order chi connectivity index (χ1) is 10.4. The van der Waals surface area contributed by atoms with Crippen LogP contribution in [0.2, 0.25) is 0 Å². The van der Waals surface area contributed by atoms with Gasteiger partial charge in [0.2, 0.25) is 5.91 Å². The van der Waals surface area contributed by atoms with Crippen LogP contribution in [0.25, 0.3) is 0 Å². The van der Waals surface area contributed by atoms with Gasteiger partial charge in [0.1, 0.15) is 6.26 Å². The Morgan fingerprint density at radius 3 is 2.68 bits per heavy atom. The zero-order chi connectivity index (χ0) is 16.2. The molecule has 0 aromatic carbocycles. The van der Waals surface area contributed by atoms with Crippen LogP contribution >= 0.6 is 0 Å². The van der Waals surface area contributed by atoms with E-state index in [1.165, 1.54) is 12.5 Å². The number of carbonyl (C=O) groups is 2. The van der Waals surface area contributed by atoms with Crippen LogP contribution in [-0.2, 0) is 4.79 Å². The van der Waals surface area contributed by atoms with E-state index in [0.29, 0.717) is 25.1 Å². The smallest absolute Gasteiger partial charge is 0.257 e. The third kappa shape index (κ3) is 3.88. The summed E-state index contributed by atoms with van der Waals surface area (Å²) in [6, 6.07) is 1.75. The van der Waals surface area contributed by atoms with E-state index in [2.05, 4.69) is 5.32 Å².